The van der Waals surface area contributed by atoms with E-state index in [0.717, 1.165) is 6.42 Å². The van der Waals surface area contributed by atoms with Crippen molar-refractivity contribution >= 4 is 11.6 Å². The summed E-state index contributed by atoms with van der Waals surface area (Å²) in [6.07, 6.45) is 11.2. The third-order valence-electron chi connectivity index (χ3n) is 9.94. The fourth-order valence-electron chi connectivity index (χ4n) is 7.76. The molecule has 2 heterocycles. The lowest BCUT2D eigenvalue weighted by Crippen LogP contribution is -2.37. The van der Waals surface area contributed by atoms with E-state index in [0.29, 0.717) is 5.92 Å². The summed E-state index contributed by atoms with van der Waals surface area (Å²) >= 11 is 0. The molecule has 0 fully saturated rings. The second kappa shape index (κ2) is 8.11. The van der Waals surface area contributed by atoms with E-state index in [1.807, 2.05) is 36.9 Å². The van der Waals surface area contributed by atoms with Crippen LogP contribution in [0.25, 0.3) is 45.0 Å². The molecule has 0 aliphatic heterocycles. The zero-order valence-electron chi connectivity index (χ0n) is 23.5. The lowest BCUT2D eigenvalue weighted by molar-refractivity contribution is 0.420. The molecule has 0 amide bonds. The Morgan fingerprint density at radius 1 is 0.650 bits per heavy atom. The Morgan fingerprint density at radius 3 is 1.95 bits per heavy atom. The van der Waals surface area contributed by atoms with Crippen molar-refractivity contribution in [3.8, 4) is 33.4 Å². The van der Waals surface area contributed by atoms with Gasteiger partial charge in [-0.25, -0.2) is 0 Å². The molecule has 3 aliphatic rings. The molecule has 3 aromatic carbocycles. The number of hydrogen-bond acceptors (Lipinski definition) is 2. The lowest BCUT2D eigenvalue weighted by Gasteiger charge is -2.30. The van der Waals surface area contributed by atoms with Crippen molar-refractivity contribution < 1.29 is 0 Å². The molecule has 0 bridgehead atoms. The topological polar surface area (TPSA) is 25.8 Å². The fourth-order valence-corrected chi connectivity index (χ4v) is 7.76. The summed E-state index contributed by atoms with van der Waals surface area (Å²) in [6, 6.07) is 27.3. The smallest absolute Gasteiger partial charge is 0.0346 e. The molecule has 40 heavy (non-hydrogen) atoms. The van der Waals surface area contributed by atoms with Gasteiger partial charge in [-0.1, -0.05) is 82.3 Å². The van der Waals surface area contributed by atoms with Crippen LogP contribution in [0.5, 0.6) is 0 Å². The molecular formula is C38H32N2. The van der Waals surface area contributed by atoms with Crippen LogP contribution in [0.3, 0.4) is 0 Å². The van der Waals surface area contributed by atoms with Gasteiger partial charge in [-0.15, -0.1) is 0 Å². The Kier molecular flexibility index (Phi) is 4.78. The molecule has 1 unspecified atom stereocenters. The van der Waals surface area contributed by atoms with Crippen molar-refractivity contribution in [1.82, 2.24) is 9.97 Å². The molecule has 2 aromatic heterocycles. The maximum absolute atomic E-state index is 4.37. The Bertz CT molecular complexity index is 1960. The number of nitrogens with zero attached hydrogens (tertiary/aromatic N) is 2. The molecule has 0 radical (unpaired) electrons. The highest BCUT2D eigenvalue weighted by Crippen LogP contribution is 2.53. The molecule has 5 aromatic rings. The predicted molar refractivity (Wildman–Crippen MR) is 164 cm³/mol. The van der Waals surface area contributed by atoms with Crippen molar-refractivity contribution in [3.63, 3.8) is 0 Å². The van der Waals surface area contributed by atoms with E-state index in [2.05, 4.69) is 104 Å². The lowest BCUT2D eigenvalue weighted by atomic mass is 9.73. The maximum Gasteiger partial charge on any atom is 0.0346 e. The van der Waals surface area contributed by atoms with E-state index < -0.39 is 0 Å². The van der Waals surface area contributed by atoms with E-state index in [-0.39, 0.29) is 10.8 Å². The molecule has 2 heteroatoms. The van der Waals surface area contributed by atoms with E-state index in [1.54, 1.807) is 0 Å². The number of hydrogen-bond donors (Lipinski definition) is 0. The minimum Gasteiger partial charge on any atom is -0.264 e. The van der Waals surface area contributed by atoms with E-state index in [9.17, 15) is 0 Å². The van der Waals surface area contributed by atoms with Crippen molar-refractivity contribution in [2.45, 2.75) is 44.9 Å². The van der Waals surface area contributed by atoms with Gasteiger partial charge in [0.25, 0.3) is 0 Å². The number of rotatable bonds is 2. The van der Waals surface area contributed by atoms with Gasteiger partial charge in [-0.05, 0) is 114 Å². The minimum atomic E-state index is -0.0568. The number of benzene rings is 3. The summed E-state index contributed by atoms with van der Waals surface area (Å²) in [5.74, 6) is 0.471. The molecule has 8 rings (SSSR count). The highest BCUT2D eigenvalue weighted by atomic mass is 14.6. The van der Waals surface area contributed by atoms with Gasteiger partial charge in [0, 0.05) is 30.2 Å². The first-order chi connectivity index (χ1) is 19.4. The third-order valence-corrected chi connectivity index (χ3v) is 9.94. The molecule has 0 saturated heterocycles. The largest absolute Gasteiger partial charge is 0.264 e. The average Bonchev–Trinajstić information content (AvgIpc) is 3.37. The van der Waals surface area contributed by atoms with Crippen LogP contribution < -0.4 is 10.4 Å². The first-order valence-corrected chi connectivity index (χ1v) is 14.3. The molecule has 2 nitrogen and oxygen atoms in total. The Hall–Kier alpha value is -4.30. The monoisotopic (exact) mass is 516 g/mol. The first kappa shape index (κ1) is 23.6. The Morgan fingerprint density at radius 2 is 1.30 bits per heavy atom. The van der Waals surface area contributed by atoms with Crippen molar-refractivity contribution in [2.75, 3.05) is 0 Å². The van der Waals surface area contributed by atoms with Gasteiger partial charge in [-0.3, -0.25) is 9.97 Å². The van der Waals surface area contributed by atoms with Gasteiger partial charge in [0.1, 0.15) is 0 Å². The SMILES string of the molecule is CC1(C)c2cc(-c3cccnc3)ccc2-c2c1ccc1c2=CCC2C=1c1ccc(-c3cccnc3)cc1C2(C)C. The molecule has 1 atom stereocenters. The van der Waals surface area contributed by atoms with Crippen molar-refractivity contribution in [2.24, 2.45) is 5.92 Å². The van der Waals surface area contributed by atoms with Gasteiger partial charge >= 0.3 is 0 Å². The molecule has 0 N–H and O–H groups in total. The minimum absolute atomic E-state index is 0.0568. The second-order valence-corrected chi connectivity index (χ2v) is 12.7. The molecule has 0 spiro atoms. The number of pyridine rings is 2. The van der Waals surface area contributed by atoms with Crippen LogP contribution in [0.15, 0.2) is 97.6 Å². The molecule has 0 saturated carbocycles. The van der Waals surface area contributed by atoms with Crippen LogP contribution in [0.1, 0.15) is 56.4 Å². The van der Waals surface area contributed by atoms with Crippen LogP contribution in [0, 0.1) is 5.92 Å². The second-order valence-electron chi connectivity index (χ2n) is 12.7. The summed E-state index contributed by atoms with van der Waals surface area (Å²) in [5, 5.41) is 2.83. The fraction of sp³-hybridized carbons (Fsp3) is 0.211. The van der Waals surface area contributed by atoms with Gasteiger partial charge in [0.15, 0.2) is 0 Å². The maximum atomic E-state index is 4.37. The van der Waals surface area contributed by atoms with Crippen LogP contribution in [0.4, 0.5) is 0 Å². The van der Waals surface area contributed by atoms with Crippen molar-refractivity contribution in [3.05, 3.63) is 130 Å². The summed E-state index contributed by atoms with van der Waals surface area (Å²) in [7, 11) is 0. The summed E-state index contributed by atoms with van der Waals surface area (Å²) in [5.41, 5.74) is 14.9. The molecular weight excluding hydrogens is 484 g/mol. The highest BCUT2D eigenvalue weighted by molar-refractivity contribution is 5.88. The van der Waals surface area contributed by atoms with Crippen LogP contribution in [-0.4, -0.2) is 9.97 Å². The number of aromatic nitrogens is 2. The third kappa shape index (κ3) is 3.11. The quantitative estimate of drug-likeness (QED) is 0.244. The standard InChI is InChI=1S/C38H32N2/c1-37(2)31-15-13-28-27(35(31)29-11-9-23(19-33(29)37)25-7-5-17-39-21-25)14-16-32-36(28)30-12-10-24(20-34(30)38(32,3)4)26-8-6-18-40-22-26/h5-15,17-22,32H,16H2,1-4H3. The van der Waals surface area contributed by atoms with Gasteiger partial charge in [0.2, 0.25) is 0 Å². The first-order valence-electron chi connectivity index (χ1n) is 14.3. The molecule has 194 valence electrons. The zero-order valence-corrected chi connectivity index (χ0v) is 23.5. The summed E-state index contributed by atoms with van der Waals surface area (Å²) < 4.78 is 0. The van der Waals surface area contributed by atoms with Gasteiger partial charge < -0.3 is 0 Å². The normalized spacial score (nSPS) is 18.7. The molecule has 3 aliphatic carbocycles. The zero-order chi connectivity index (χ0) is 27.2. The predicted octanol–water partition coefficient (Wildman–Crippen LogP) is 7.41. The number of fused-ring (bicyclic) bond motifs is 8. The Labute approximate surface area is 235 Å². The van der Waals surface area contributed by atoms with Crippen LogP contribution in [-0.2, 0) is 10.8 Å². The van der Waals surface area contributed by atoms with Crippen molar-refractivity contribution in [1.29, 1.82) is 0 Å². The Balaban J connectivity index is 1.36. The van der Waals surface area contributed by atoms with E-state index in [4.69, 9.17) is 0 Å². The highest BCUT2D eigenvalue weighted by Gasteiger charge is 2.44. The van der Waals surface area contributed by atoms with Gasteiger partial charge in [-0.2, -0.15) is 0 Å². The van der Waals surface area contributed by atoms with E-state index >= 15 is 0 Å². The van der Waals surface area contributed by atoms with Crippen LogP contribution in [0.2, 0.25) is 0 Å². The summed E-state index contributed by atoms with van der Waals surface area (Å²) in [4.78, 5) is 8.73. The van der Waals surface area contributed by atoms with Gasteiger partial charge in [0.05, 0.1) is 0 Å². The average molecular weight is 517 g/mol. The van der Waals surface area contributed by atoms with Crippen LogP contribution >= 0.6 is 0 Å². The summed E-state index contributed by atoms with van der Waals surface area (Å²) in [6.45, 7) is 9.62. The van der Waals surface area contributed by atoms with E-state index in [1.165, 1.54) is 71.6 Å².